The molecule has 0 bridgehead atoms. The molecule has 0 heterocycles. The second-order valence-electron chi connectivity index (χ2n) is 9.27. The van der Waals surface area contributed by atoms with Crippen molar-refractivity contribution in [1.82, 2.24) is 15.1 Å². The molecule has 8 heteroatoms. The van der Waals surface area contributed by atoms with E-state index >= 15 is 0 Å². The molecule has 38 heavy (non-hydrogen) atoms. The molecule has 1 N–H and O–H groups in total. The highest BCUT2D eigenvalue weighted by Gasteiger charge is 2.27. The quantitative estimate of drug-likeness (QED) is 0.374. The number of nitrogens with zero attached hydrogens (tertiary/aromatic N) is 3. The molecule has 0 aliphatic carbocycles. The lowest BCUT2D eigenvalue weighted by Crippen LogP contribution is -2.51. The average Bonchev–Trinajstić information content (AvgIpc) is 2.94. The Labute approximate surface area is 230 Å². The van der Waals surface area contributed by atoms with Gasteiger partial charge in [-0.3, -0.25) is 14.4 Å². The maximum Gasteiger partial charge on any atom is 0.251 e. The second-order valence-corrected chi connectivity index (χ2v) is 9.27. The normalized spacial score (nSPS) is 11.1. The van der Waals surface area contributed by atoms with Gasteiger partial charge in [-0.15, -0.1) is 0 Å². The summed E-state index contributed by atoms with van der Waals surface area (Å²) in [5.74, 6) is 0.314. The molecular weight excluding hydrogens is 480 g/mol. The number of likely N-dealkylation sites (N-methyl/N-ethyl adjacent to an activating group) is 1. The van der Waals surface area contributed by atoms with Crippen LogP contribution in [-0.4, -0.2) is 74.5 Å². The van der Waals surface area contributed by atoms with Crippen LogP contribution in [0.3, 0.4) is 0 Å². The summed E-state index contributed by atoms with van der Waals surface area (Å²) in [6, 6.07) is 15.9. The summed E-state index contributed by atoms with van der Waals surface area (Å²) in [4.78, 5) is 43.8. The van der Waals surface area contributed by atoms with E-state index in [4.69, 9.17) is 4.74 Å². The van der Waals surface area contributed by atoms with Gasteiger partial charge < -0.3 is 24.8 Å². The van der Waals surface area contributed by atoms with E-state index < -0.39 is 6.04 Å². The van der Waals surface area contributed by atoms with E-state index in [2.05, 4.69) is 10.2 Å². The minimum absolute atomic E-state index is 0. The molecule has 2 aromatic rings. The minimum Gasteiger partial charge on any atom is -0.497 e. The maximum atomic E-state index is 13.3. The highest BCUT2D eigenvalue weighted by atomic mass is 16.5. The summed E-state index contributed by atoms with van der Waals surface area (Å²) in [6.07, 6.45) is 1.27. The molecule has 0 aromatic heterocycles. The van der Waals surface area contributed by atoms with Crippen molar-refractivity contribution in [2.75, 3.05) is 45.9 Å². The summed E-state index contributed by atoms with van der Waals surface area (Å²) >= 11 is 0. The molecule has 2 aromatic carbocycles. The van der Waals surface area contributed by atoms with Crippen LogP contribution in [0.1, 0.15) is 59.2 Å². The lowest BCUT2D eigenvalue weighted by molar-refractivity contribution is -0.133. The number of hydrogen-bond acceptors (Lipinski definition) is 5. The minimum atomic E-state index is -0.647. The van der Waals surface area contributed by atoms with Gasteiger partial charge in [0, 0.05) is 46.3 Å². The number of methoxy groups -OCH3 is 1. The summed E-state index contributed by atoms with van der Waals surface area (Å²) in [5, 5.41) is 2.90. The first-order valence-corrected chi connectivity index (χ1v) is 13.4. The van der Waals surface area contributed by atoms with Gasteiger partial charge >= 0.3 is 0 Å². The molecule has 0 saturated heterocycles. The zero-order valence-corrected chi connectivity index (χ0v) is 24.4. The van der Waals surface area contributed by atoms with Crippen molar-refractivity contribution in [3.63, 3.8) is 0 Å². The predicted molar refractivity (Wildman–Crippen MR) is 157 cm³/mol. The van der Waals surface area contributed by atoms with Crippen LogP contribution >= 0.6 is 0 Å². The largest absolute Gasteiger partial charge is 0.497 e. The molecule has 0 radical (unpaired) electrons. The smallest absolute Gasteiger partial charge is 0.251 e. The molecule has 212 valence electrons. The van der Waals surface area contributed by atoms with Gasteiger partial charge in [-0.25, -0.2) is 0 Å². The number of nitrogens with one attached hydrogen (secondary N) is 1. The second kappa shape index (κ2) is 17.1. The monoisotopic (exact) mass is 528 g/mol. The van der Waals surface area contributed by atoms with E-state index in [1.165, 1.54) is 0 Å². The Hall–Kier alpha value is -3.55. The zero-order valence-electron chi connectivity index (χ0n) is 24.4. The van der Waals surface area contributed by atoms with Gasteiger partial charge in [0.25, 0.3) is 5.91 Å². The number of rotatable bonds is 13. The van der Waals surface area contributed by atoms with Crippen LogP contribution in [0.2, 0.25) is 0 Å². The lowest BCUT2D eigenvalue weighted by Gasteiger charge is -2.33. The number of amides is 3. The molecule has 0 spiro atoms. The first-order valence-electron chi connectivity index (χ1n) is 13.4. The van der Waals surface area contributed by atoms with Crippen molar-refractivity contribution in [2.24, 2.45) is 5.92 Å². The van der Waals surface area contributed by atoms with Crippen LogP contribution in [0.25, 0.3) is 0 Å². The average molecular weight is 529 g/mol. The summed E-state index contributed by atoms with van der Waals surface area (Å²) in [6.45, 7) is 11.1. The maximum absolute atomic E-state index is 13.3. The van der Waals surface area contributed by atoms with E-state index in [-0.39, 0.29) is 25.1 Å². The lowest BCUT2D eigenvalue weighted by atomic mass is 10.0. The third kappa shape index (κ3) is 10.1. The Bertz CT molecular complexity index is 986. The van der Waals surface area contributed by atoms with Gasteiger partial charge in [-0.2, -0.15) is 0 Å². The van der Waals surface area contributed by atoms with Crippen molar-refractivity contribution in [2.45, 2.75) is 53.5 Å². The standard InChI is InChI=1S/C28H40N4O4.C2H6.H2/c1-7-11-25(33)31(5)20-32(23-14-16-24(36-6)17-15-23)19-18-30(4)28(35)26(21(2)3)29-27(34)22-12-9-8-10-13-22;1-2;/h8-10,12-17,21,26H,7,11,18-20H2,1-6H3,(H,29,34);1-2H3;1H/t26-;;/m1../s1. The molecule has 0 fully saturated rings. The highest BCUT2D eigenvalue weighted by Crippen LogP contribution is 2.20. The molecule has 0 aliphatic rings. The summed E-state index contributed by atoms with van der Waals surface area (Å²) < 4.78 is 5.27. The van der Waals surface area contributed by atoms with E-state index in [0.29, 0.717) is 31.7 Å². The van der Waals surface area contributed by atoms with Crippen molar-refractivity contribution in [3.8, 4) is 5.75 Å². The van der Waals surface area contributed by atoms with Crippen LogP contribution < -0.4 is 15.0 Å². The number of carbonyl (C=O) groups excluding carboxylic acids is 3. The number of benzene rings is 2. The molecule has 0 unspecified atom stereocenters. The Morgan fingerprint density at radius 1 is 0.921 bits per heavy atom. The third-order valence-electron chi connectivity index (χ3n) is 6.05. The van der Waals surface area contributed by atoms with Crippen molar-refractivity contribution >= 4 is 23.4 Å². The van der Waals surface area contributed by atoms with Crippen LogP contribution in [0.5, 0.6) is 5.75 Å². The molecule has 1 atom stereocenters. The van der Waals surface area contributed by atoms with Crippen LogP contribution in [0, 0.1) is 5.92 Å². The van der Waals surface area contributed by atoms with Crippen molar-refractivity contribution in [3.05, 3.63) is 60.2 Å². The Morgan fingerprint density at radius 3 is 2.05 bits per heavy atom. The topological polar surface area (TPSA) is 82.2 Å². The number of anilines is 1. The van der Waals surface area contributed by atoms with E-state index in [9.17, 15) is 14.4 Å². The number of hydrogen-bond donors (Lipinski definition) is 1. The van der Waals surface area contributed by atoms with Crippen LogP contribution in [0.15, 0.2) is 54.6 Å². The van der Waals surface area contributed by atoms with Crippen LogP contribution in [0.4, 0.5) is 5.69 Å². The van der Waals surface area contributed by atoms with Crippen molar-refractivity contribution < 1.29 is 20.5 Å². The van der Waals surface area contributed by atoms with E-state index in [1.807, 2.05) is 65.0 Å². The number of carbonyl (C=O) groups is 3. The Morgan fingerprint density at radius 2 is 1.53 bits per heavy atom. The molecular formula is C30H48N4O4. The summed E-state index contributed by atoms with van der Waals surface area (Å²) in [7, 11) is 5.15. The molecule has 8 nitrogen and oxygen atoms in total. The van der Waals surface area contributed by atoms with E-state index in [0.717, 1.165) is 17.9 Å². The SMILES string of the molecule is CC.CCCC(=O)N(C)CN(CCN(C)C(=O)[C@H](NC(=O)c1ccccc1)C(C)C)c1ccc(OC)cc1.[HH]. The first-order chi connectivity index (χ1) is 18.2. The molecule has 0 saturated carbocycles. The predicted octanol–water partition coefficient (Wildman–Crippen LogP) is 4.90. The van der Waals surface area contributed by atoms with Crippen molar-refractivity contribution in [1.29, 1.82) is 0 Å². The third-order valence-corrected chi connectivity index (χ3v) is 6.05. The first kappa shape index (κ1) is 32.5. The van der Waals surface area contributed by atoms with E-state index in [1.54, 1.807) is 55.3 Å². The molecule has 0 aliphatic heterocycles. The van der Waals surface area contributed by atoms with Gasteiger partial charge in [0.15, 0.2) is 0 Å². The van der Waals surface area contributed by atoms with Gasteiger partial charge in [-0.1, -0.05) is 52.8 Å². The highest BCUT2D eigenvalue weighted by molar-refractivity contribution is 5.97. The number of ether oxygens (including phenoxy) is 1. The van der Waals surface area contributed by atoms with Gasteiger partial charge in [0.05, 0.1) is 13.8 Å². The fourth-order valence-electron chi connectivity index (χ4n) is 3.76. The molecule has 3 amide bonds. The van der Waals surface area contributed by atoms with Gasteiger partial charge in [0.1, 0.15) is 11.8 Å². The Balaban J connectivity index is 0.00000470. The zero-order chi connectivity index (χ0) is 28.7. The van der Waals surface area contributed by atoms with Crippen LogP contribution in [-0.2, 0) is 9.59 Å². The fourth-order valence-corrected chi connectivity index (χ4v) is 3.76. The Kier molecular flexibility index (Phi) is 14.6. The fraction of sp³-hybridized carbons (Fsp3) is 0.500. The summed E-state index contributed by atoms with van der Waals surface area (Å²) in [5.41, 5.74) is 1.44. The van der Waals surface area contributed by atoms with Gasteiger partial charge in [-0.05, 0) is 48.7 Å². The molecule has 2 rings (SSSR count). The van der Waals surface area contributed by atoms with Gasteiger partial charge in [0.2, 0.25) is 11.8 Å².